The zero-order chi connectivity index (χ0) is 18.7. The van der Waals surface area contributed by atoms with E-state index in [1.54, 1.807) is 6.20 Å². The second kappa shape index (κ2) is 7.68. The number of rotatable bonds is 6. The van der Waals surface area contributed by atoms with Crippen molar-refractivity contribution >= 4 is 12.0 Å². The Hall–Kier alpha value is -2.05. The number of aromatic nitrogens is 2. The maximum absolute atomic E-state index is 12.5. The molecule has 0 unspecified atom stereocenters. The highest BCUT2D eigenvalue weighted by molar-refractivity contribution is 5.76. The number of amides is 2. The summed E-state index contributed by atoms with van der Waals surface area (Å²) in [5, 5.41) is 4.22. The van der Waals surface area contributed by atoms with Gasteiger partial charge < -0.3 is 14.5 Å². The quantitative estimate of drug-likeness (QED) is 0.780. The number of carbonyl (C=O) groups excluding carboxylic acids is 2. The molecule has 3 rings (SSSR count). The Kier molecular flexibility index (Phi) is 5.53. The van der Waals surface area contributed by atoms with Gasteiger partial charge >= 0.3 is 6.09 Å². The molecule has 7 heteroatoms. The van der Waals surface area contributed by atoms with Gasteiger partial charge in [-0.3, -0.25) is 9.48 Å². The number of aryl methyl sites for hydroxylation is 2. The van der Waals surface area contributed by atoms with E-state index in [4.69, 9.17) is 4.74 Å². The Labute approximate surface area is 155 Å². The fourth-order valence-corrected chi connectivity index (χ4v) is 3.98. The molecule has 7 nitrogen and oxygen atoms in total. The lowest BCUT2D eigenvalue weighted by Gasteiger charge is -2.37. The van der Waals surface area contributed by atoms with Crippen molar-refractivity contribution in [1.82, 2.24) is 19.6 Å². The highest BCUT2D eigenvalue weighted by atomic mass is 16.6. The Morgan fingerprint density at radius 3 is 2.73 bits per heavy atom. The van der Waals surface area contributed by atoms with Crippen LogP contribution >= 0.6 is 0 Å². The van der Waals surface area contributed by atoms with Crippen LogP contribution < -0.4 is 0 Å². The highest BCUT2D eigenvalue weighted by Crippen LogP contribution is 2.34. The summed E-state index contributed by atoms with van der Waals surface area (Å²) in [6.45, 7) is 8.77. The summed E-state index contributed by atoms with van der Waals surface area (Å²) in [6, 6.07) is 2.15. The second-order valence-electron chi connectivity index (χ2n) is 7.64. The van der Waals surface area contributed by atoms with Crippen LogP contribution in [-0.4, -0.2) is 62.9 Å². The third-order valence-corrected chi connectivity index (χ3v) is 5.73. The van der Waals surface area contributed by atoms with Gasteiger partial charge in [0.05, 0.1) is 6.54 Å². The number of carbonyl (C=O) groups is 2. The minimum atomic E-state index is -0.408. The predicted octanol–water partition coefficient (Wildman–Crippen LogP) is 2.58. The van der Waals surface area contributed by atoms with Crippen LogP contribution in [0.3, 0.4) is 0 Å². The first-order chi connectivity index (χ1) is 12.4. The van der Waals surface area contributed by atoms with E-state index >= 15 is 0 Å². The molecule has 1 aromatic heterocycles. The van der Waals surface area contributed by atoms with Crippen molar-refractivity contribution in [1.29, 1.82) is 0 Å². The summed E-state index contributed by atoms with van der Waals surface area (Å²) in [6.07, 6.45) is 5.50. The third-order valence-electron chi connectivity index (χ3n) is 5.73. The van der Waals surface area contributed by atoms with Crippen LogP contribution in [-0.2, 0) is 16.1 Å². The molecule has 2 aliphatic heterocycles. The number of likely N-dealkylation sites (tertiary alicyclic amines) is 1. The van der Waals surface area contributed by atoms with Crippen LogP contribution in [0.1, 0.15) is 51.6 Å². The first kappa shape index (κ1) is 18.7. The average molecular weight is 362 g/mol. The van der Waals surface area contributed by atoms with Crippen molar-refractivity contribution in [2.24, 2.45) is 0 Å². The van der Waals surface area contributed by atoms with Crippen molar-refractivity contribution in [2.75, 3.05) is 19.6 Å². The molecule has 3 heterocycles. The molecule has 1 spiro atoms. The molecule has 2 fully saturated rings. The number of ether oxygens (including phenoxy) is 1. The van der Waals surface area contributed by atoms with Gasteiger partial charge in [-0.05, 0) is 26.3 Å². The lowest BCUT2D eigenvalue weighted by atomic mass is 9.90. The molecular weight excluding hydrogens is 332 g/mol. The predicted molar refractivity (Wildman–Crippen MR) is 97.7 cm³/mol. The van der Waals surface area contributed by atoms with E-state index in [2.05, 4.69) is 18.9 Å². The molecule has 2 saturated heterocycles. The van der Waals surface area contributed by atoms with Gasteiger partial charge in [0.25, 0.3) is 0 Å². The Morgan fingerprint density at radius 2 is 2.12 bits per heavy atom. The summed E-state index contributed by atoms with van der Waals surface area (Å²) in [5.74, 6) is 0.148. The van der Waals surface area contributed by atoms with Crippen molar-refractivity contribution < 1.29 is 14.3 Å². The Balaban J connectivity index is 1.50. The number of piperidine rings is 1. The molecule has 2 amide bonds. The van der Waals surface area contributed by atoms with Gasteiger partial charge in [-0.25, -0.2) is 4.79 Å². The number of nitrogens with zero attached hydrogens (tertiary/aromatic N) is 4. The van der Waals surface area contributed by atoms with Crippen molar-refractivity contribution in [3.63, 3.8) is 0 Å². The molecule has 0 aliphatic carbocycles. The van der Waals surface area contributed by atoms with Gasteiger partial charge in [-0.2, -0.15) is 5.10 Å². The molecule has 0 saturated carbocycles. The van der Waals surface area contributed by atoms with E-state index in [1.807, 2.05) is 27.5 Å². The van der Waals surface area contributed by atoms with Crippen molar-refractivity contribution in [2.45, 2.75) is 71.1 Å². The molecule has 0 aromatic carbocycles. The van der Waals surface area contributed by atoms with Crippen LogP contribution in [0, 0.1) is 6.92 Å². The van der Waals surface area contributed by atoms with E-state index in [-0.39, 0.29) is 18.0 Å². The molecule has 2 aliphatic rings. The van der Waals surface area contributed by atoms with Crippen LogP contribution in [0.4, 0.5) is 4.79 Å². The highest BCUT2D eigenvalue weighted by Gasteiger charge is 2.48. The van der Waals surface area contributed by atoms with Crippen molar-refractivity contribution in [3.8, 4) is 0 Å². The zero-order valence-corrected chi connectivity index (χ0v) is 16.1. The summed E-state index contributed by atoms with van der Waals surface area (Å²) >= 11 is 0. The lowest BCUT2D eigenvalue weighted by Crippen LogP contribution is -2.49. The topological polar surface area (TPSA) is 67.7 Å². The third kappa shape index (κ3) is 3.86. The van der Waals surface area contributed by atoms with Gasteiger partial charge in [-0.1, -0.05) is 13.3 Å². The first-order valence-corrected chi connectivity index (χ1v) is 9.70. The maximum atomic E-state index is 12.5. The van der Waals surface area contributed by atoms with E-state index < -0.39 is 5.60 Å². The van der Waals surface area contributed by atoms with Gasteiger partial charge in [0.15, 0.2) is 0 Å². The molecule has 1 atom stereocenters. The molecule has 26 heavy (non-hydrogen) atoms. The summed E-state index contributed by atoms with van der Waals surface area (Å²) in [5.41, 5.74) is 0.656. The smallest absolute Gasteiger partial charge is 0.410 e. The summed E-state index contributed by atoms with van der Waals surface area (Å²) in [4.78, 5) is 28.5. The van der Waals surface area contributed by atoms with Gasteiger partial charge in [-0.15, -0.1) is 0 Å². The Bertz CT molecular complexity index is 649. The SMILES string of the molecule is CCC[C@H](C)N1CC2(CCN(C(=O)CCn3nccc3C)CC2)OC1=O. The Morgan fingerprint density at radius 1 is 1.38 bits per heavy atom. The molecule has 0 radical (unpaired) electrons. The molecular formula is C19H30N4O3. The average Bonchev–Trinajstić information content (AvgIpc) is 3.17. The maximum Gasteiger partial charge on any atom is 0.410 e. The van der Waals surface area contributed by atoms with E-state index in [0.29, 0.717) is 32.6 Å². The minimum absolute atomic E-state index is 0.148. The van der Waals surface area contributed by atoms with Gasteiger partial charge in [0.2, 0.25) is 5.91 Å². The zero-order valence-electron chi connectivity index (χ0n) is 16.1. The first-order valence-electron chi connectivity index (χ1n) is 9.70. The van der Waals surface area contributed by atoms with Gasteiger partial charge in [0, 0.05) is 56.8 Å². The van der Waals surface area contributed by atoms with Crippen molar-refractivity contribution in [3.05, 3.63) is 18.0 Å². The fraction of sp³-hybridized carbons (Fsp3) is 0.737. The van der Waals surface area contributed by atoms with E-state index in [9.17, 15) is 9.59 Å². The van der Waals surface area contributed by atoms with Crippen LogP contribution in [0.25, 0.3) is 0 Å². The summed E-state index contributed by atoms with van der Waals surface area (Å²) in [7, 11) is 0. The molecule has 1 aromatic rings. The minimum Gasteiger partial charge on any atom is -0.441 e. The largest absolute Gasteiger partial charge is 0.441 e. The van der Waals surface area contributed by atoms with Crippen LogP contribution in [0.2, 0.25) is 0 Å². The normalized spacial score (nSPS) is 20.5. The number of hydrogen-bond acceptors (Lipinski definition) is 4. The molecule has 144 valence electrons. The molecule has 0 bridgehead atoms. The fourth-order valence-electron chi connectivity index (χ4n) is 3.98. The number of hydrogen-bond donors (Lipinski definition) is 0. The lowest BCUT2D eigenvalue weighted by molar-refractivity contribution is -0.134. The standard InChI is InChI=1S/C19H30N4O3/c1-4-5-15(2)22-14-19(26-18(22)25)8-12-21(13-9-19)17(24)7-11-23-16(3)6-10-20-23/h6,10,15H,4-5,7-9,11-14H2,1-3H3/t15-/m0/s1. The second-order valence-corrected chi connectivity index (χ2v) is 7.64. The van der Waals surface area contributed by atoms with Crippen LogP contribution in [0.15, 0.2) is 12.3 Å². The van der Waals surface area contributed by atoms with Crippen LogP contribution in [0.5, 0.6) is 0 Å². The van der Waals surface area contributed by atoms with E-state index in [1.165, 1.54) is 0 Å². The van der Waals surface area contributed by atoms with Gasteiger partial charge in [0.1, 0.15) is 5.60 Å². The van der Waals surface area contributed by atoms with E-state index in [0.717, 1.165) is 31.4 Å². The monoisotopic (exact) mass is 362 g/mol. The molecule has 0 N–H and O–H groups in total. The summed E-state index contributed by atoms with van der Waals surface area (Å²) < 4.78 is 7.62.